The number of alkyl carbamates (subject to hydrolysis) is 1. The Morgan fingerprint density at radius 1 is 0.921 bits per heavy atom. The van der Waals surface area contributed by atoms with Gasteiger partial charge in [-0.2, -0.15) is 0 Å². The predicted octanol–water partition coefficient (Wildman–Crippen LogP) is 4.56. The highest BCUT2D eigenvalue weighted by atomic mass is 16.6. The zero-order valence-corrected chi connectivity index (χ0v) is 21.6. The zero-order valence-electron chi connectivity index (χ0n) is 21.6. The molecule has 0 aromatic heterocycles. The number of esters is 1. The van der Waals surface area contributed by atoms with E-state index in [1.165, 1.54) is 0 Å². The summed E-state index contributed by atoms with van der Waals surface area (Å²) in [6.07, 6.45) is -0.770. The average molecular weight is 517 g/mol. The fourth-order valence-electron chi connectivity index (χ4n) is 4.58. The van der Waals surface area contributed by atoms with Crippen LogP contribution in [0.5, 0.6) is 0 Å². The molecule has 0 bridgehead atoms. The molecule has 1 aliphatic rings. The topological polar surface area (TPSA) is 128 Å². The Balaban J connectivity index is 1.37. The van der Waals surface area contributed by atoms with Gasteiger partial charge in [0.05, 0.1) is 0 Å². The van der Waals surface area contributed by atoms with E-state index in [0.29, 0.717) is 11.1 Å². The molecule has 0 fully saturated rings. The second-order valence-electron chi connectivity index (χ2n) is 10.3. The number of hydrogen-bond acceptors (Lipinski definition) is 6. The standard InChI is InChI=1S/C30H32N2O6/c1-30(2,3)38-29(36)32-25(27(33)34)16-18-12-14-19(15-13-18)26(31)28(35)37-17-24-22-10-6-4-8-20(22)21-9-5-7-11-23(21)24/h4-15,24-26H,16-17,31H2,1-3H3,(H,32,36)(H,33,34). The van der Waals surface area contributed by atoms with Crippen LogP contribution < -0.4 is 11.1 Å². The van der Waals surface area contributed by atoms with E-state index in [9.17, 15) is 19.5 Å². The highest BCUT2D eigenvalue weighted by Gasteiger charge is 2.30. The van der Waals surface area contributed by atoms with Gasteiger partial charge in [-0.15, -0.1) is 0 Å². The van der Waals surface area contributed by atoms with Crippen LogP contribution in [0.15, 0.2) is 72.8 Å². The van der Waals surface area contributed by atoms with Crippen molar-refractivity contribution >= 4 is 18.0 Å². The van der Waals surface area contributed by atoms with Gasteiger partial charge >= 0.3 is 18.0 Å². The molecule has 3 aromatic carbocycles. The lowest BCUT2D eigenvalue weighted by molar-refractivity contribution is -0.145. The van der Waals surface area contributed by atoms with Crippen LogP contribution in [0, 0.1) is 0 Å². The molecule has 2 unspecified atom stereocenters. The van der Waals surface area contributed by atoms with E-state index >= 15 is 0 Å². The monoisotopic (exact) mass is 516 g/mol. The summed E-state index contributed by atoms with van der Waals surface area (Å²) in [5, 5.41) is 11.9. The predicted molar refractivity (Wildman–Crippen MR) is 143 cm³/mol. The summed E-state index contributed by atoms with van der Waals surface area (Å²) >= 11 is 0. The molecule has 0 radical (unpaired) electrons. The first-order valence-corrected chi connectivity index (χ1v) is 12.4. The smallest absolute Gasteiger partial charge is 0.408 e. The summed E-state index contributed by atoms with van der Waals surface area (Å²) in [5.74, 6) is -1.80. The zero-order chi connectivity index (χ0) is 27.4. The van der Waals surface area contributed by atoms with Gasteiger partial charge in [-0.1, -0.05) is 72.8 Å². The maximum absolute atomic E-state index is 12.8. The molecule has 3 aromatic rings. The van der Waals surface area contributed by atoms with Crippen LogP contribution >= 0.6 is 0 Å². The maximum atomic E-state index is 12.8. The number of carboxylic acids is 1. The first kappa shape index (κ1) is 26.9. The number of ether oxygens (including phenoxy) is 2. The number of carbonyl (C=O) groups excluding carboxylic acids is 2. The van der Waals surface area contributed by atoms with Gasteiger partial charge in [0.25, 0.3) is 0 Å². The third-order valence-electron chi connectivity index (χ3n) is 6.38. The molecule has 4 rings (SSSR count). The van der Waals surface area contributed by atoms with Gasteiger partial charge < -0.3 is 25.6 Å². The summed E-state index contributed by atoms with van der Waals surface area (Å²) in [6, 6.07) is 20.7. The van der Waals surface area contributed by atoms with Crippen molar-refractivity contribution in [3.63, 3.8) is 0 Å². The van der Waals surface area contributed by atoms with E-state index in [1.807, 2.05) is 24.3 Å². The van der Waals surface area contributed by atoms with Gasteiger partial charge in [-0.3, -0.25) is 0 Å². The highest BCUT2D eigenvalue weighted by molar-refractivity contribution is 5.81. The van der Waals surface area contributed by atoms with Crippen molar-refractivity contribution in [2.24, 2.45) is 5.73 Å². The van der Waals surface area contributed by atoms with Crippen LogP contribution in [-0.2, 0) is 25.5 Å². The Hall–Kier alpha value is -4.17. The lowest BCUT2D eigenvalue weighted by Crippen LogP contribution is -2.44. The lowest BCUT2D eigenvalue weighted by Gasteiger charge is -2.22. The van der Waals surface area contributed by atoms with E-state index in [4.69, 9.17) is 15.2 Å². The third-order valence-corrected chi connectivity index (χ3v) is 6.38. The SMILES string of the molecule is CC(C)(C)OC(=O)NC(Cc1ccc(C(N)C(=O)OCC2c3ccccc3-c3ccccc32)cc1)C(=O)O. The number of aliphatic carboxylic acids is 1. The Labute approximate surface area is 221 Å². The van der Waals surface area contributed by atoms with Gasteiger partial charge in [0.15, 0.2) is 0 Å². The van der Waals surface area contributed by atoms with E-state index in [-0.39, 0.29) is 18.9 Å². The quantitative estimate of drug-likeness (QED) is 0.374. The molecule has 4 N–H and O–H groups in total. The number of nitrogens with one attached hydrogen (secondary N) is 1. The first-order valence-electron chi connectivity index (χ1n) is 12.4. The minimum Gasteiger partial charge on any atom is -0.480 e. The minimum absolute atomic E-state index is 0.0367. The molecule has 198 valence electrons. The highest BCUT2D eigenvalue weighted by Crippen LogP contribution is 2.44. The molecule has 8 heteroatoms. The van der Waals surface area contributed by atoms with Crippen LogP contribution in [0.4, 0.5) is 4.79 Å². The Kier molecular flexibility index (Phi) is 7.83. The summed E-state index contributed by atoms with van der Waals surface area (Å²) in [7, 11) is 0. The summed E-state index contributed by atoms with van der Waals surface area (Å²) in [4.78, 5) is 36.5. The summed E-state index contributed by atoms with van der Waals surface area (Å²) in [5.41, 5.74) is 11.2. The van der Waals surface area contributed by atoms with E-state index in [0.717, 1.165) is 22.3 Å². The lowest BCUT2D eigenvalue weighted by atomic mass is 9.98. The molecule has 1 aliphatic carbocycles. The van der Waals surface area contributed by atoms with E-state index < -0.39 is 35.7 Å². The molecule has 8 nitrogen and oxygen atoms in total. The normalized spacial score (nSPS) is 14.1. The van der Waals surface area contributed by atoms with Gasteiger partial charge in [0.1, 0.15) is 24.3 Å². The van der Waals surface area contributed by atoms with Crippen LogP contribution in [0.25, 0.3) is 11.1 Å². The molecule has 0 heterocycles. The van der Waals surface area contributed by atoms with Crippen molar-refractivity contribution in [2.75, 3.05) is 6.61 Å². The number of rotatable bonds is 8. The second-order valence-corrected chi connectivity index (χ2v) is 10.3. The van der Waals surface area contributed by atoms with Gasteiger partial charge in [0, 0.05) is 12.3 Å². The number of amides is 1. The summed E-state index contributed by atoms with van der Waals surface area (Å²) in [6.45, 7) is 5.26. The molecular weight excluding hydrogens is 484 g/mol. The number of carboxylic acid groups (broad SMARTS) is 1. The fourth-order valence-corrected chi connectivity index (χ4v) is 4.58. The molecule has 0 aliphatic heterocycles. The van der Waals surface area contributed by atoms with E-state index in [2.05, 4.69) is 29.6 Å². The van der Waals surface area contributed by atoms with Crippen molar-refractivity contribution < 1.29 is 29.0 Å². The number of fused-ring (bicyclic) bond motifs is 3. The second kappa shape index (κ2) is 11.1. The average Bonchev–Trinajstić information content (AvgIpc) is 3.19. The number of nitrogens with two attached hydrogens (primary N) is 1. The van der Waals surface area contributed by atoms with Crippen LogP contribution in [0.3, 0.4) is 0 Å². The maximum Gasteiger partial charge on any atom is 0.408 e. The first-order chi connectivity index (χ1) is 18.0. The molecule has 0 saturated heterocycles. The van der Waals surface area contributed by atoms with Gasteiger partial charge in [-0.05, 0) is 54.2 Å². The van der Waals surface area contributed by atoms with Crippen molar-refractivity contribution in [3.05, 3.63) is 95.1 Å². The number of benzene rings is 3. The van der Waals surface area contributed by atoms with Crippen LogP contribution in [0.1, 0.15) is 55.0 Å². The number of hydrogen-bond donors (Lipinski definition) is 3. The molecule has 0 saturated carbocycles. The number of carbonyl (C=O) groups is 3. The fraction of sp³-hybridized carbons (Fsp3) is 0.300. The van der Waals surface area contributed by atoms with Crippen LogP contribution in [0.2, 0.25) is 0 Å². The Morgan fingerprint density at radius 3 is 2.00 bits per heavy atom. The molecular formula is C30H32N2O6. The van der Waals surface area contributed by atoms with Crippen molar-refractivity contribution in [3.8, 4) is 11.1 Å². The minimum atomic E-state index is -1.18. The van der Waals surface area contributed by atoms with Crippen molar-refractivity contribution in [2.45, 2.75) is 50.8 Å². The third kappa shape index (κ3) is 6.20. The molecule has 38 heavy (non-hydrogen) atoms. The summed E-state index contributed by atoms with van der Waals surface area (Å²) < 4.78 is 10.8. The van der Waals surface area contributed by atoms with Crippen molar-refractivity contribution in [1.29, 1.82) is 0 Å². The molecule has 0 spiro atoms. The van der Waals surface area contributed by atoms with E-state index in [1.54, 1.807) is 45.0 Å². The molecule has 2 atom stereocenters. The largest absolute Gasteiger partial charge is 0.480 e. The Morgan fingerprint density at radius 2 is 1.47 bits per heavy atom. The van der Waals surface area contributed by atoms with Crippen molar-refractivity contribution in [1.82, 2.24) is 5.32 Å². The molecule has 1 amide bonds. The van der Waals surface area contributed by atoms with Gasteiger partial charge in [0.2, 0.25) is 0 Å². The Bertz CT molecular complexity index is 1280. The van der Waals surface area contributed by atoms with Crippen LogP contribution in [-0.4, -0.2) is 41.4 Å². The van der Waals surface area contributed by atoms with Gasteiger partial charge in [-0.25, -0.2) is 14.4 Å².